The van der Waals surface area contributed by atoms with Crippen LogP contribution >= 0.6 is 0 Å². The smallest absolute Gasteiger partial charge is 1.00 e. The molecule has 1 aromatic carbocycles. The molecule has 0 aliphatic heterocycles. The molecule has 0 aliphatic rings. The normalized spacial score (nSPS) is 11.1. The number of benzene rings is 1. The van der Waals surface area contributed by atoms with E-state index in [0.717, 1.165) is 18.4 Å². The average molecular weight is 434 g/mol. The Balaban J connectivity index is 0. The summed E-state index contributed by atoms with van der Waals surface area (Å²) < 4.78 is 0. The van der Waals surface area contributed by atoms with Gasteiger partial charge in [-0.05, 0) is 11.8 Å². The molecule has 18 heavy (non-hydrogen) atoms. The minimum absolute atomic E-state index is 0. The molecule has 98 valence electrons. The van der Waals surface area contributed by atoms with E-state index < -0.39 is 5.60 Å². The van der Waals surface area contributed by atoms with Crippen molar-refractivity contribution >= 4 is 45.5 Å². The molecule has 0 heterocycles. The molecule has 0 saturated carbocycles. The van der Waals surface area contributed by atoms with Crippen molar-refractivity contribution in [1.82, 2.24) is 0 Å². The summed E-state index contributed by atoms with van der Waals surface area (Å²) in [6, 6.07) is 9.83. The number of hydrogen-bond acceptors (Lipinski definition) is 1. The molecule has 0 radical (unpaired) electrons. The Morgan fingerprint density at radius 3 is 1.67 bits per heavy atom. The zero-order valence-corrected chi connectivity index (χ0v) is 17.6. The molecule has 0 aromatic heterocycles. The maximum atomic E-state index is 12.9. The van der Waals surface area contributed by atoms with Gasteiger partial charge in [-0.15, -0.1) is 0 Å². The SMILES string of the molecule is CC(C)CC([O-])(CC(C)C)c1ccccc1.[I-].[Sr+2]. The van der Waals surface area contributed by atoms with Crippen LogP contribution in [-0.2, 0) is 5.60 Å². The summed E-state index contributed by atoms with van der Waals surface area (Å²) in [6.45, 7) is 8.48. The summed E-state index contributed by atoms with van der Waals surface area (Å²) in [7, 11) is 0. The Morgan fingerprint density at radius 2 is 1.33 bits per heavy atom. The molecule has 0 bridgehead atoms. The van der Waals surface area contributed by atoms with Crippen molar-refractivity contribution in [1.29, 1.82) is 0 Å². The minimum atomic E-state index is -0.913. The van der Waals surface area contributed by atoms with E-state index in [9.17, 15) is 5.11 Å². The number of rotatable bonds is 5. The van der Waals surface area contributed by atoms with Crippen LogP contribution < -0.4 is 29.1 Å². The van der Waals surface area contributed by atoms with Gasteiger partial charge in [-0.1, -0.05) is 82.0 Å². The van der Waals surface area contributed by atoms with Crippen molar-refractivity contribution in [3.05, 3.63) is 35.9 Å². The van der Waals surface area contributed by atoms with Crippen molar-refractivity contribution < 1.29 is 29.1 Å². The van der Waals surface area contributed by atoms with E-state index in [0.29, 0.717) is 11.8 Å². The van der Waals surface area contributed by atoms with Gasteiger partial charge in [-0.3, -0.25) is 0 Å². The van der Waals surface area contributed by atoms with Crippen LogP contribution in [0, 0.1) is 11.8 Å². The van der Waals surface area contributed by atoms with E-state index in [2.05, 4.69) is 27.7 Å². The van der Waals surface area contributed by atoms with E-state index in [4.69, 9.17) is 0 Å². The Kier molecular flexibility index (Phi) is 12.2. The van der Waals surface area contributed by atoms with Gasteiger partial charge in [-0.2, -0.15) is 0 Å². The predicted molar refractivity (Wildman–Crippen MR) is 72.8 cm³/mol. The molecule has 1 rings (SSSR count). The van der Waals surface area contributed by atoms with E-state index in [1.54, 1.807) is 0 Å². The molecule has 0 unspecified atom stereocenters. The van der Waals surface area contributed by atoms with Gasteiger partial charge >= 0.3 is 45.5 Å². The first kappa shape index (κ1) is 21.7. The molecule has 1 nitrogen and oxygen atoms in total. The summed E-state index contributed by atoms with van der Waals surface area (Å²) in [5.74, 6) is 0.882. The molecule has 0 amide bonds. The van der Waals surface area contributed by atoms with E-state index >= 15 is 0 Å². The average Bonchev–Trinajstić information content (AvgIpc) is 2.16. The van der Waals surface area contributed by atoms with Crippen LogP contribution in [0.4, 0.5) is 0 Å². The Bertz CT molecular complexity index is 302. The summed E-state index contributed by atoms with van der Waals surface area (Å²) in [4.78, 5) is 0. The topological polar surface area (TPSA) is 23.1 Å². The van der Waals surface area contributed by atoms with Crippen LogP contribution in [0.5, 0.6) is 0 Å². The zero-order chi connectivity index (χ0) is 12.2. The van der Waals surface area contributed by atoms with Crippen LogP contribution in [-0.4, -0.2) is 45.5 Å². The third kappa shape index (κ3) is 7.25. The third-order valence-corrected chi connectivity index (χ3v) is 2.78. The van der Waals surface area contributed by atoms with Crippen LogP contribution in [0.15, 0.2) is 30.3 Å². The number of halogens is 1. The van der Waals surface area contributed by atoms with Crippen LogP contribution in [0.3, 0.4) is 0 Å². The zero-order valence-electron chi connectivity index (χ0n) is 11.9. The van der Waals surface area contributed by atoms with Gasteiger partial charge < -0.3 is 29.1 Å². The van der Waals surface area contributed by atoms with Gasteiger partial charge in [0.05, 0.1) is 0 Å². The third-order valence-electron chi connectivity index (χ3n) is 2.78. The first-order valence-corrected chi connectivity index (χ1v) is 6.20. The van der Waals surface area contributed by atoms with Gasteiger partial charge in [0.1, 0.15) is 0 Å². The largest absolute Gasteiger partial charge is 2.00 e. The van der Waals surface area contributed by atoms with Gasteiger partial charge in [0.2, 0.25) is 0 Å². The quantitative estimate of drug-likeness (QED) is 0.472. The van der Waals surface area contributed by atoms with Crippen molar-refractivity contribution in [3.8, 4) is 0 Å². The van der Waals surface area contributed by atoms with Crippen molar-refractivity contribution in [2.45, 2.75) is 46.1 Å². The maximum Gasteiger partial charge on any atom is 2.00 e. The van der Waals surface area contributed by atoms with E-state index in [1.165, 1.54) is 0 Å². The monoisotopic (exact) mass is 434 g/mol. The standard InChI is InChI=1S/C15H23O.HI.Sr/c1-12(2)10-15(16,11-13(3)4)14-8-6-5-7-9-14;;/h5-9,12-13H,10-11H2,1-4H3;1H;/q-1;;+2/p-1. The summed E-state index contributed by atoms with van der Waals surface area (Å²) >= 11 is 0. The Hall–Kier alpha value is 1.39. The molecule has 0 spiro atoms. The molecular formula is C15H23IOSr. The summed E-state index contributed by atoms with van der Waals surface area (Å²) in [5, 5.41) is 12.9. The minimum Gasteiger partial charge on any atom is -1.00 e. The predicted octanol–water partition coefficient (Wildman–Crippen LogP) is -0.0424. The van der Waals surface area contributed by atoms with Crippen LogP contribution in [0.1, 0.15) is 46.1 Å². The molecule has 0 fully saturated rings. The van der Waals surface area contributed by atoms with Gasteiger partial charge in [0.25, 0.3) is 0 Å². The number of hydrogen-bond donors (Lipinski definition) is 0. The maximum absolute atomic E-state index is 12.9. The first-order chi connectivity index (χ1) is 7.44. The van der Waals surface area contributed by atoms with E-state index in [1.807, 2.05) is 30.3 Å². The molecule has 0 N–H and O–H groups in total. The fraction of sp³-hybridized carbons (Fsp3) is 0.600. The van der Waals surface area contributed by atoms with Crippen molar-refractivity contribution in [2.75, 3.05) is 0 Å². The second-order valence-corrected chi connectivity index (χ2v) is 5.56. The first-order valence-electron chi connectivity index (χ1n) is 6.20. The second kappa shape index (κ2) is 10.2. The molecule has 0 saturated heterocycles. The molecule has 1 aromatic rings. The van der Waals surface area contributed by atoms with Crippen molar-refractivity contribution in [2.24, 2.45) is 11.8 Å². The molecule has 0 aliphatic carbocycles. The Morgan fingerprint density at radius 1 is 0.944 bits per heavy atom. The van der Waals surface area contributed by atoms with Gasteiger partial charge in [-0.25, -0.2) is 0 Å². The van der Waals surface area contributed by atoms with Crippen LogP contribution in [0.2, 0.25) is 0 Å². The molecule has 3 heteroatoms. The van der Waals surface area contributed by atoms with Crippen molar-refractivity contribution in [3.63, 3.8) is 0 Å². The van der Waals surface area contributed by atoms with E-state index in [-0.39, 0.29) is 69.5 Å². The second-order valence-electron chi connectivity index (χ2n) is 5.56. The van der Waals surface area contributed by atoms with Gasteiger partial charge in [0, 0.05) is 0 Å². The summed E-state index contributed by atoms with van der Waals surface area (Å²) in [5.41, 5.74) is 0.0289. The fourth-order valence-electron chi connectivity index (χ4n) is 2.38. The summed E-state index contributed by atoms with van der Waals surface area (Å²) in [6.07, 6.45) is 1.43. The molecular weight excluding hydrogens is 411 g/mol. The van der Waals surface area contributed by atoms with Crippen LogP contribution in [0.25, 0.3) is 0 Å². The van der Waals surface area contributed by atoms with Gasteiger partial charge in [0.15, 0.2) is 0 Å². The Labute approximate surface area is 166 Å². The fourth-order valence-corrected chi connectivity index (χ4v) is 2.38. The molecule has 0 atom stereocenters.